The molecule has 0 aliphatic heterocycles. The molecule has 0 bridgehead atoms. The summed E-state index contributed by atoms with van der Waals surface area (Å²) in [7, 11) is 1.67. The van der Waals surface area contributed by atoms with E-state index in [4.69, 9.17) is 0 Å². The third-order valence-corrected chi connectivity index (χ3v) is 4.44. The molecule has 2 rings (SSSR count). The summed E-state index contributed by atoms with van der Waals surface area (Å²) in [6, 6.07) is 5.19. The van der Waals surface area contributed by atoms with Crippen LogP contribution in [0.5, 0.6) is 0 Å². The molecular formula is C11H12N4O2S2. The van der Waals surface area contributed by atoms with Gasteiger partial charge in [0.2, 0.25) is 0 Å². The highest BCUT2D eigenvalue weighted by atomic mass is 32.2. The summed E-state index contributed by atoms with van der Waals surface area (Å²) in [5, 5.41) is 22.6. The second kappa shape index (κ2) is 5.98. The van der Waals surface area contributed by atoms with E-state index in [0.29, 0.717) is 11.4 Å². The van der Waals surface area contributed by atoms with Crippen LogP contribution in [0.25, 0.3) is 0 Å². The van der Waals surface area contributed by atoms with Gasteiger partial charge in [0.05, 0.1) is 4.92 Å². The van der Waals surface area contributed by atoms with E-state index in [0.717, 1.165) is 14.9 Å². The molecule has 0 saturated carbocycles. The van der Waals surface area contributed by atoms with Gasteiger partial charge in [-0.2, -0.15) is 0 Å². The second-order valence-electron chi connectivity index (χ2n) is 3.73. The highest BCUT2D eigenvalue weighted by Gasteiger charge is 2.13. The van der Waals surface area contributed by atoms with Crippen LogP contribution in [0.3, 0.4) is 0 Å². The van der Waals surface area contributed by atoms with Gasteiger partial charge in [-0.3, -0.25) is 10.1 Å². The summed E-state index contributed by atoms with van der Waals surface area (Å²) in [6.07, 6.45) is 0. The highest BCUT2D eigenvalue weighted by Crippen LogP contribution is 2.30. The molecule has 0 fully saturated rings. The zero-order valence-corrected chi connectivity index (χ0v) is 12.0. The predicted octanol–water partition coefficient (Wildman–Crippen LogP) is 3.09. The molecule has 1 heterocycles. The summed E-state index contributed by atoms with van der Waals surface area (Å²) >= 11 is 3.05. The summed E-state index contributed by atoms with van der Waals surface area (Å²) in [5.74, 6) is 0.638. The largest absolute Gasteiger partial charge is 0.383 e. The SMILES string of the molecule is CNc1ccc(CSc2nnc(C)s2)cc1[N+](=O)[O-]. The Bertz CT molecular complexity index is 600. The fourth-order valence-corrected chi connectivity index (χ4v) is 3.27. The smallest absolute Gasteiger partial charge is 0.292 e. The van der Waals surface area contributed by atoms with Gasteiger partial charge in [-0.15, -0.1) is 10.2 Å². The predicted molar refractivity (Wildman–Crippen MR) is 76.9 cm³/mol. The van der Waals surface area contributed by atoms with Crippen LogP contribution in [0.4, 0.5) is 11.4 Å². The number of nitrogens with one attached hydrogen (secondary N) is 1. The molecule has 1 aromatic carbocycles. The molecule has 0 saturated heterocycles. The molecule has 8 heteroatoms. The van der Waals surface area contributed by atoms with Gasteiger partial charge in [-0.05, 0) is 18.6 Å². The fraction of sp³-hybridized carbons (Fsp3) is 0.273. The van der Waals surface area contributed by atoms with Crippen molar-refractivity contribution in [2.24, 2.45) is 0 Å². The number of aromatic nitrogens is 2. The molecule has 6 nitrogen and oxygen atoms in total. The standard InChI is InChI=1S/C11H12N4O2S2/c1-7-13-14-11(19-7)18-6-8-3-4-9(12-2)10(5-8)15(16)17/h3-5,12H,6H2,1-2H3. The molecule has 19 heavy (non-hydrogen) atoms. The number of rotatable bonds is 5. The number of thioether (sulfide) groups is 1. The van der Waals surface area contributed by atoms with Crippen molar-refractivity contribution in [2.45, 2.75) is 17.0 Å². The summed E-state index contributed by atoms with van der Waals surface area (Å²) in [4.78, 5) is 10.6. The third-order valence-electron chi connectivity index (χ3n) is 2.40. The maximum absolute atomic E-state index is 10.9. The van der Waals surface area contributed by atoms with E-state index < -0.39 is 0 Å². The molecule has 0 amide bonds. The Morgan fingerprint density at radius 1 is 1.47 bits per heavy atom. The Balaban J connectivity index is 2.12. The molecule has 2 aromatic rings. The number of nitrogens with zero attached hydrogens (tertiary/aromatic N) is 3. The molecule has 100 valence electrons. The minimum absolute atomic E-state index is 0.0917. The molecule has 0 aliphatic carbocycles. The van der Waals surface area contributed by atoms with E-state index >= 15 is 0 Å². The molecule has 1 aromatic heterocycles. The van der Waals surface area contributed by atoms with Crippen LogP contribution < -0.4 is 5.32 Å². The number of nitro benzene ring substituents is 1. The molecule has 0 radical (unpaired) electrons. The van der Waals surface area contributed by atoms with Crippen LogP contribution >= 0.6 is 23.1 Å². The third kappa shape index (κ3) is 3.42. The van der Waals surface area contributed by atoms with Gasteiger partial charge < -0.3 is 5.32 Å². The average molecular weight is 296 g/mol. The second-order valence-corrected chi connectivity index (χ2v) is 6.14. The summed E-state index contributed by atoms with van der Waals surface area (Å²) in [5.41, 5.74) is 1.50. The maximum Gasteiger partial charge on any atom is 0.292 e. The Morgan fingerprint density at radius 3 is 2.84 bits per heavy atom. The lowest BCUT2D eigenvalue weighted by Gasteiger charge is -2.04. The Hall–Kier alpha value is -1.67. The van der Waals surface area contributed by atoms with E-state index in [1.807, 2.05) is 13.0 Å². The van der Waals surface area contributed by atoms with Gasteiger partial charge in [0.15, 0.2) is 4.34 Å². The first-order valence-corrected chi connectivity index (χ1v) is 7.28. The minimum Gasteiger partial charge on any atom is -0.383 e. The lowest BCUT2D eigenvalue weighted by atomic mass is 10.2. The molecular weight excluding hydrogens is 284 g/mol. The van der Waals surface area contributed by atoms with E-state index in [1.165, 1.54) is 23.1 Å². The van der Waals surface area contributed by atoms with Gasteiger partial charge in [-0.25, -0.2) is 0 Å². The number of nitro groups is 1. The Kier molecular flexibility index (Phi) is 4.33. The first-order chi connectivity index (χ1) is 9.10. The van der Waals surface area contributed by atoms with Gasteiger partial charge in [0, 0.05) is 18.9 Å². The lowest BCUT2D eigenvalue weighted by Crippen LogP contribution is -1.97. The zero-order chi connectivity index (χ0) is 13.8. The van der Waals surface area contributed by atoms with Crippen LogP contribution in [0.1, 0.15) is 10.6 Å². The van der Waals surface area contributed by atoms with Crippen LogP contribution in [-0.4, -0.2) is 22.2 Å². The first kappa shape index (κ1) is 13.8. The van der Waals surface area contributed by atoms with Gasteiger partial charge in [0.1, 0.15) is 10.7 Å². The van der Waals surface area contributed by atoms with Gasteiger partial charge in [-0.1, -0.05) is 29.2 Å². The minimum atomic E-state index is -0.380. The van der Waals surface area contributed by atoms with Crippen LogP contribution in [0.2, 0.25) is 0 Å². The van der Waals surface area contributed by atoms with Gasteiger partial charge >= 0.3 is 0 Å². The van der Waals surface area contributed by atoms with E-state index in [9.17, 15) is 10.1 Å². The van der Waals surface area contributed by atoms with E-state index in [2.05, 4.69) is 15.5 Å². The normalized spacial score (nSPS) is 10.4. The Labute approximate surface area is 118 Å². The van der Waals surface area contributed by atoms with Crippen molar-refractivity contribution in [3.05, 3.63) is 38.9 Å². The van der Waals surface area contributed by atoms with Gasteiger partial charge in [0.25, 0.3) is 5.69 Å². The summed E-state index contributed by atoms with van der Waals surface area (Å²) < 4.78 is 0.873. The number of aryl methyl sites for hydroxylation is 1. The van der Waals surface area contributed by atoms with Crippen molar-refractivity contribution in [2.75, 3.05) is 12.4 Å². The summed E-state index contributed by atoms with van der Waals surface area (Å²) in [6.45, 7) is 1.90. The molecule has 0 spiro atoms. The molecule has 0 atom stereocenters. The average Bonchev–Trinajstić information content (AvgIpc) is 2.81. The molecule has 0 aliphatic rings. The number of hydrogen-bond donors (Lipinski definition) is 1. The van der Waals surface area contributed by atoms with Crippen molar-refractivity contribution >= 4 is 34.5 Å². The van der Waals surface area contributed by atoms with E-state index in [-0.39, 0.29) is 10.6 Å². The maximum atomic E-state index is 10.9. The van der Waals surface area contributed by atoms with Crippen LogP contribution in [-0.2, 0) is 5.75 Å². The highest BCUT2D eigenvalue weighted by molar-refractivity contribution is 8.00. The number of anilines is 1. The number of hydrogen-bond acceptors (Lipinski definition) is 7. The van der Waals surface area contributed by atoms with Crippen molar-refractivity contribution in [3.8, 4) is 0 Å². The number of benzene rings is 1. The van der Waals surface area contributed by atoms with Crippen molar-refractivity contribution in [1.82, 2.24) is 10.2 Å². The fourth-order valence-electron chi connectivity index (χ4n) is 1.51. The van der Waals surface area contributed by atoms with Crippen molar-refractivity contribution in [1.29, 1.82) is 0 Å². The zero-order valence-electron chi connectivity index (χ0n) is 10.4. The lowest BCUT2D eigenvalue weighted by molar-refractivity contribution is -0.384. The monoisotopic (exact) mass is 296 g/mol. The quantitative estimate of drug-likeness (QED) is 0.519. The van der Waals surface area contributed by atoms with E-state index in [1.54, 1.807) is 19.2 Å². The van der Waals surface area contributed by atoms with Crippen molar-refractivity contribution < 1.29 is 4.92 Å². The first-order valence-electron chi connectivity index (χ1n) is 5.48. The topological polar surface area (TPSA) is 81.0 Å². The molecule has 1 N–H and O–H groups in total. The van der Waals surface area contributed by atoms with Crippen molar-refractivity contribution in [3.63, 3.8) is 0 Å². The van der Waals surface area contributed by atoms with Crippen LogP contribution in [0.15, 0.2) is 22.5 Å². The molecule has 0 unspecified atom stereocenters. The Morgan fingerprint density at radius 2 is 2.26 bits per heavy atom. The van der Waals surface area contributed by atoms with Crippen LogP contribution in [0, 0.1) is 17.0 Å².